The summed E-state index contributed by atoms with van der Waals surface area (Å²) in [5.41, 5.74) is 7.37. The SMILES string of the molecule is Cc1c(N2CCC(C3(N)CC3)C2)c(F)cc2cc(C(=O)O)c(=O)n(C3CC3)c12.Cl. The van der Waals surface area contributed by atoms with Gasteiger partial charge in [-0.25, -0.2) is 9.18 Å². The van der Waals surface area contributed by atoms with E-state index in [9.17, 15) is 14.7 Å². The monoisotopic (exact) mass is 421 g/mol. The lowest BCUT2D eigenvalue weighted by atomic mass is 9.97. The molecule has 5 rings (SSSR count). The molecule has 1 aromatic heterocycles. The molecule has 0 radical (unpaired) electrons. The third-order valence-electron chi connectivity index (χ3n) is 6.77. The Bertz CT molecular complexity index is 1080. The second-order valence-electron chi connectivity index (χ2n) is 8.70. The number of carboxylic acids is 1. The van der Waals surface area contributed by atoms with Gasteiger partial charge < -0.3 is 20.3 Å². The number of hydrogen-bond donors (Lipinski definition) is 2. The van der Waals surface area contributed by atoms with Gasteiger partial charge in [-0.1, -0.05) is 0 Å². The van der Waals surface area contributed by atoms with Crippen molar-refractivity contribution < 1.29 is 14.3 Å². The summed E-state index contributed by atoms with van der Waals surface area (Å²) in [4.78, 5) is 26.4. The molecule has 156 valence electrons. The molecule has 2 saturated carbocycles. The number of carboxylic acid groups (broad SMARTS) is 1. The van der Waals surface area contributed by atoms with E-state index in [0.29, 0.717) is 28.1 Å². The molecule has 3 fully saturated rings. The predicted molar refractivity (Wildman–Crippen MR) is 112 cm³/mol. The molecular formula is C21H25ClFN3O3. The Morgan fingerprint density at radius 1 is 1.28 bits per heavy atom. The van der Waals surface area contributed by atoms with Crippen LogP contribution >= 0.6 is 12.4 Å². The highest BCUT2D eigenvalue weighted by molar-refractivity contribution is 5.95. The minimum absolute atomic E-state index is 0. The highest BCUT2D eigenvalue weighted by Gasteiger charge is 2.48. The fraction of sp³-hybridized carbons (Fsp3) is 0.524. The lowest BCUT2D eigenvalue weighted by Gasteiger charge is -2.25. The van der Waals surface area contributed by atoms with Crippen LogP contribution in [0, 0.1) is 18.7 Å². The molecule has 2 heterocycles. The van der Waals surface area contributed by atoms with E-state index >= 15 is 4.39 Å². The summed E-state index contributed by atoms with van der Waals surface area (Å²) >= 11 is 0. The third kappa shape index (κ3) is 3.11. The molecule has 2 aromatic rings. The maximum Gasteiger partial charge on any atom is 0.341 e. The van der Waals surface area contributed by atoms with Gasteiger partial charge in [-0.05, 0) is 62.6 Å². The smallest absolute Gasteiger partial charge is 0.341 e. The second kappa shape index (κ2) is 6.71. The molecule has 0 spiro atoms. The molecule has 29 heavy (non-hydrogen) atoms. The molecule has 0 bridgehead atoms. The van der Waals surface area contributed by atoms with Crippen LogP contribution in [0.25, 0.3) is 10.9 Å². The van der Waals surface area contributed by atoms with Crippen LogP contribution in [0.15, 0.2) is 16.9 Å². The number of benzene rings is 1. The van der Waals surface area contributed by atoms with Crippen LogP contribution in [0.3, 0.4) is 0 Å². The molecule has 6 nitrogen and oxygen atoms in total. The van der Waals surface area contributed by atoms with E-state index in [1.54, 1.807) is 4.57 Å². The van der Waals surface area contributed by atoms with Gasteiger partial charge >= 0.3 is 5.97 Å². The Morgan fingerprint density at radius 2 is 1.97 bits per heavy atom. The topological polar surface area (TPSA) is 88.6 Å². The molecule has 1 aliphatic heterocycles. The highest BCUT2D eigenvalue weighted by Crippen LogP contribution is 2.46. The van der Waals surface area contributed by atoms with E-state index in [1.165, 1.54) is 12.1 Å². The van der Waals surface area contributed by atoms with E-state index in [-0.39, 0.29) is 35.4 Å². The Morgan fingerprint density at radius 3 is 2.55 bits per heavy atom. The van der Waals surface area contributed by atoms with Gasteiger partial charge in [-0.2, -0.15) is 0 Å². The van der Waals surface area contributed by atoms with Crippen molar-refractivity contribution in [2.45, 2.75) is 50.6 Å². The summed E-state index contributed by atoms with van der Waals surface area (Å²) in [5, 5.41) is 9.87. The average molecular weight is 422 g/mol. The summed E-state index contributed by atoms with van der Waals surface area (Å²) in [6.07, 6.45) is 4.69. The third-order valence-corrected chi connectivity index (χ3v) is 6.77. The van der Waals surface area contributed by atoms with Gasteiger partial charge in [-0.3, -0.25) is 4.79 Å². The first-order valence-electron chi connectivity index (χ1n) is 9.95. The van der Waals surface area contributed by atoms with Crippen molar-refractivity contribution in [2.24, 2.45) is 11.7 Å². The van der Waals surface area contributed by atoms with Crippen LogP contribution in [-0.2, 0) is 0 Å². The van der Waals surface area contributed by atoms with Gasteiger partial charge in [0.15, 0.2) is 0 Å². The molecule has 2 aliphatic carbocycles. The van der Waals surface area contributed by atoms with Crippen molar-refractivity contribution in [3.63, 3.8) is 0 Å². The maximum atomic E-state index is 15.1. The predicted octanol–water partition coefficient (Wildman–Crippen LogP) is 3.22. The largest absolute Gasteiger partial charge is 0.477 e. The van der Waals surface area contributed by atoms with Gasteiger partial charge in [0.2, 0.25) is 0 Å². The number of halogens is 2. The first-order valence-corrected chi connectivity index (χ1v) is 9.95. The number of fused-ring (bicyclic) bond motifs is 1. The molecule has 8 heteroatoms. The zero-order valence-corrected chi connectivity index (χ0v) is 17.1. The molecule has 0 amide bonds. The van der Waals surface area contributed by atoms with Crippen molar-refractivity contribution in [1.29, 1.82) is 0 Å². The Labute approximate surface area is 173 Å². The lowest BCUT2D eigenvalue weighted by molar-refractivity contribution is 0.0694. The van der Waals surface area contributed by atoms with Gasteiger partial charge in [0.1, 0.15) is 11.4 Å². The first-order chi connectivity index (χ1) is 13.3. The minimum Gasteiger partial charge on any atom is -0.477 e. The van der Waals surface area contributed by atoms with Crippen LogP contribution < -0.4 is 16.2 Å². The van der Waals surface area contributed by atoms with Crippen LogP contribution in [0.2, 0.25) is 0 Å². The zero-order chi connectivity index (χ0) is 19.8. The van der Waals surface area contributed by atoms with Crippen LogP contribution in [-0.4, -0.2) is 34.3 Å². The summed E-state index contributed by atoms with van der Waals surface area (Å²) in [7, 11) is 0. The minimum atomic E-state index is -1.27. The number of hydrogen-bond acceptors (Lipinski definition) is 4. The number of aromatic carboxylic acids is 1. The fourth-order valence-corrected chi connectivity index (χ4v) is 4.87. The number of pyridine rings is 1. The molecular weight excluding hydrogens is 397 g/mol. The van der Waals surface area contributed by atoms with Crippen molar-refractivity contribution in [1.82, 2.24) is 4.57 Å². The molecule has 3 aliphatic rings. The summed E-state index contributed by atoms with van der Waals surface area (Å²) < 4.78 is 16.7. The van der Waals surface area contributed by atoms with Crippen molar-refractivity contribution >= 4 is 35.0 Å². The quantitative estimate of drug-likeness (QED) is 0.791. The molecule has 3 N–H and O–H groups in total. The highest BCUT2D eigenvalue weighted by atomic mass is 35.5. The Kier molecular flexibility index (Phi) is 4.66. The van der Waals surface area contributed by atoms with Crippen molar-refractivity contribution in [3.8, 4) is 0 Å². The number of aryl methyl sites for hydroxylation is 1. The van der Waals surface area contributed by atoms with Crippen LogP contribution in [0.5, 0.6) is 0 Å². The van der Waals surface area contributed by atoms with Crippen LogP contribution in [0.1, 0.15) is 54.1 Å². The van der Waals surface area contributed by atoms with Crippen molar-refractivity contribution in [2.75, 3.05) is 18.0 Å². The number of anilines is 1. The number of nitrogens with zero attached hydrogens (tertiary/aromatic N) is 2. The summed E-state index contributed by atoms with van der Waals surface area (Å²) in [6.45, 7) is 3.30. The molecule has 1 atom stereocenters. The average Bonchev–Trinajstić information content (AvgIpc) is 3.55. The number of nitrogens with two attached hydrogens (primary N) is 1. The van der Waals surface area contributed by atoms with Gasteiger partial charge in [0.05, 0.1) is 11.2 Å². The number of rotatable bonds is 4. The maximum absolute atomic E-state index is 15.1. The molecule has 1 unspecified atom stereocenters. The molecule has 1 aromatic carbocycles. The van der Waals surface area contributed by atoms with E-state index in [4.69, 9.17) is 5.73 Å². The lowest BCUT2D eigenvalue weighted by Crippen LogP contribution is -2.35. The normalized spacial score (nSPS) is 22.6. The van der Waals surface area contributed by atoms with E-state index in [1.807, 2.05) is 6.92 Å². The summed E-state index contributed by atoms with van der Waals surface area (Å²) in [6, 6.07) is 2.69. The van der Waals surface area contributed by atoms with Crippen molar-refractivity contribution in [3.05, 3.63) is 39.4 Å². The number of aromatic nitrogens is 1. The van der Waals surface area contributed by atoms with Gasteiger partial charge in [0, 0.05) is 30.1 Å². The van der Waals surface area contributed by atoms with E-state index in [2.05, 4.69) is 4.90 Å². The Hall–Kier alpha value is -2.12. The first kappa shape index (κ1) is 20.2. The number of carbonyl (C=O) groups is 1. The standard InChI is InChI=1S/C21H24FN3O3.ClH/c1-11-17-12(8-15(20(27)28)19(26)25(17)14-2-3-14)9-16(22)18(11)24-7-4-13(10-24)21(23)5-6-21;/h8-9,13-14H,2-7,10,23H2,1H3,(H,27,28);1H. The van der Waals surface area contributed by atoms with Crippen LogP contribution in [0.4, 0.5) is 10.1 Å². The zero-order valence-electron chi connectivity index (χ0n) is 16.3. The van der Waals surface area contributed by atoms with Gasteiger partial charge in [-0.15, -0.1) is 12.4 Å². The van der Waals surface area contributed by atoms with E-state index in [0.717, 1.165) is 45.2 Å². The second-order valence-corrected chi connectivity index (χ2v) is 8.70. The summed E-state index contributed by atoms with van der Waals surface area (Å²) in [5.74, 6) is -1.28. The fourth-order valence-electron chi connectivity index (χ4n) is 4.87. The molecule has 1 saturated heterocycles. The van der Waals surface area contributed by atoms with Gasteiger partial charge in [0.25, 0.3) is 5.56 Å². The van der Waals surface area contributed by atoms with E-state index < -0.39 is 11.5 Å². The Balaban J connectivity index is 0.00000205.